The van der Waals surface area contributed by atoms with E-state index in [0.717, 1.165) is 6.92 Å². The van der Waals surface area contributed by atoms with Gasteiger partial charge in [-0.2, -0.15) is 26.3 Å². The molecule has 11 heteroatoms. The number of hydrogen-bond acceptors (Lipinski definition) is 5. The van der Waals surface area contributed by atoms with Gasteiger partial charge in [-0.15, -0.1) is 0 Å². The monoisotopic (exact) mass is 302 g/mol. The van der Waals surface area contributed by atoms with Crippen molar-refractivity contribution in [3.05, 3.63) is 0 Å². The van der Waals surface area contributed by atoms with Gasteiger partial charge in [-0.3, -0.25) is 0 Å². The topological polar surface area (TPSA) is 90.2 Å². The van der Waals surface area contributed by atoms with Crippen LogP contribution in [0.5, 0.6) is 0 Å². The van der Waals surface area contributed by atoms with Gasteiger partial charge in [0.25, 0.3) is 0 Å². The van der Waals surface area contributed by atoms with E-state index in [1.807, 2.05) is 0 Å². The molecule has 0 amide bonds. The summed E-state index contributed by atoms with van der Waals surface area (Å²) in [6, 6.07) is 0. The van der Waals surface area contributed by atoms with E-state index in [2.05, 4.69) is 4.74 Å². The second-order valence-electron chi connectivity index (χ2n) is 4.08. The summed E-state index contributed by atoms with van der Waals surface area (Å²) in [6.45, 7) is -1.48. The molecule has 0 aliphatic rings. The van der Waals surface area contributed by atoms with Crippen molar-refractivity contribution in [3.8, 4) is 0 Å². The van der Waals surface area contributed by atoms with Crippen molar-refractivity contribution in [2.75, 3.05) is 13.2 Å². The molecule has 0 aromatic heterocycles. The van der Waals surface area contributed by atoms with Gasteiger partial charge < -0.3 is 25.2 Å². The molecule has 0 saturated heterocycles. The molecule has 0 aliphatic heterocycles. The minimum Gasteiger partial charge on any atom is -0.393 e. The molecule has 0 spiro atoms. The quantitative estimate of drug-likeness (QED) is 0.421. The van der Waals surface area contributed by atoms with Crippen molar-refractivity contribution >= 4 is 0 Å². The summed E-state index contributed by atoms with van der Waals surface area (Å²) in [6.07, 6.45) is -16.2. The van der Waals surface area contributed by atoms with Gasteiger partial charge in [-0.1, -0.05) is 0 Å². The molecule has 19 heavy (non-hydrogen) atoms. The third kappa shape index (κ3) is 3.92. The second-order valence-corrected chi connectivity index (χ2v) is 4.08. The van der Waals surface area contributed by atoms with E-state index in [0.29, 0.717) is 0 Å². The van der Waals surface area contributed by atoms with Gasteiger partial charge in [-0.25, -0.2) is 0 Å². The highest BCUT2D eigenvalue weighted by molar-refractivity contribution is 4.96. The molecular weight excluding hydrogens is 290 g/mol. The lowest BCUT2D eigenvalue weighted by molar-refractivity contribution is -0.423. The number of halogens is 6. The molecule has 116 valence electrons. The van der Waals surface area contributed by atoms with Crippen LogP contribution in [-0.2, 0) is 4.74 Å². The number of ether oxygens (including phenoxy) is 1. The maximum Gasteiger partial charge on any atom is 0.431 e. The van der Waals surface area contributed by atoms with Gasteiger partial charge in [0.2, 0.25) is 6.29 Å². The standard InChI is InChI=1S/C8H12F6O5/c1-5(17,2-15)3-19-4(16)6(18,7(9,10)11)8(12,13)14/h4,15-18H,2-3H2,1H3. The first-order valence-corrected chi connectivity index (χ1v) is 4.68. The third-order valence-corrected chi connectivity index (χ3v) is 2.11. The Bertz CT molecular complexity index is 285. The van der Waals surface area contributed by atoms with E-state index in [-0.39, 0.29) is 0 Å². The summed E-state index contributed by atoms with van der Waals surface area (Å²) in [5.74, 6) is 0. The molecule has 2 unspecified atom stereocenters. The molecule has 0 aromatic carbocycles. The van der Waals surface area contributed by atoms with Crippen LogP contribution in [0.3, 0.4) is 0 Å². The summed E-state index contributed by atoms with van der Waals surface area (Å²) < 4.78 is 77.2. The Morgan fingerprint density at radius 1 is 1.00 bits per heavy atom. The molecule has 0 aromatic rings. The second kappa shape index (κ2) is 5.40. The molecule has 0 fully saturated rings. The molecule has 4 N–H and O–H groups in total. The molecular formula is C8H12F6O5. The largest absolute Gasteiger partial charge is 0.431 e. The van der Waals surface area contributed by atoms with E-state index < -0.39 is 43.1 Å². The van der Waals surface area contributed by atoms with Gasteiger partial charge in [0.1, 0.15) is 5.60 Å². The highest BCUT2D eigenvalue weighted by Gasteiger charge is 2.75. The molecule has 0 aliphatic carbocycles. The van der Waals surface area contributed by atoms with Crippen molar-refractivity contribution < 1.29 is 51.5 Å². The Balaban J connectivity index is 5.13. The average molecular weight is 302 g/mol. The van der Waals surface area contributed by atoms with Crippen LogP contribution in [0.15, 0.2) is 0 Å². The van der Waals surface area contributed by atoms with Crippen molar-refractivity contribution in [1.29, 1.82) is 0 Å². The first kappa shape index (κ1) is 18.4. The first-order valence-electron chi connectivity index (χ1n) is 4.68. The Morgan fingerprint density at radius 3 is 1.63 bits per heavy atom. The van der Waals surface area contributed by atoms with E-state index in [9.17, 15) is 26.3 Å². The Hall–Kier alpha value is -0.620. The van der Waals surface area contributed by atoms with Gasteiger partial charge in [-0.05, 0) is 6.92 Å². The molecule has 0 bridgehead atoms. The zero-order valence-corrected chi connectivity index (χ0v) is 9.46. The van der Waals surface area contributed by atoms with Gasteiger partial charge >= 0.3 is 18.0 Å². The maximum atomic E-state index is 12.2. The molecule has 0 radical (unpaired) electrons. The normalized spacial score (nSPS) is 19.1. The maximum absolute atomic E-state index is 12.2. The predicted octanol–water partition coefficient (Wildman–Crippen LogP) is -0.0796. The number of rotatable bonds is 5. The predicted molar refractivity (Wildman–Crippen MR) is 46.7 cm³/mol. The highest BCUT2D eigenvalue weighted by Crippen LogP contribution is 2.45. The number of aliphatic hydroxyl groups excluding tert-OH is 2. The fourth-order valence-corrected chi connectivity index (χ4v) is 0.865. The lowest BCUT2D eigenvalue weighted by atomic mass is 10.0. The number of hydrogen-bond donors (Lipinski definition) is 4. The van der Waals surface area contributed by atoms with E-state index in [1.165, 1.54) is 0 Å². The minimum atomic E-state index is -6.25. The van der Waals surface area contributed by atoms with Crippen LogP contribution in [0.4, 0.5) is 26.3 Å². The van der Waals surface area contributed by atoms with Crippen molar-refractivity contribution in [2.45, 2.75) is 36.8 Å². The van der Waals surface area contributed by atoms with Crippen molar-refractivity contribution in [3.63, 3.8) is 0 Å². The summed E-state index contributed by atoms with van der Waals surface area (Å²) in [4.78, 5) is 0. The van der Waals surface area contributed by atoms with Crippen LogP contribution in [-0.4, -0.2) is 63.5 Å². The Kier molecular flexibility index (Phi) is 5.23. The highest BCUT2D eigenvalue weighted by atomic mass is 19.4. The summed E-state index contributed by atoms with van der Waals surface area (Å²) in [5.41, 5.74) is -7.69. The fourth-order valence-electron chi connectivity index (χ4n) is 0.865. The van der Waals surface area contributed by atoms with Crippen LogP contribution < -0.4 is 0 Å². The summed E-state index contributed by atoms with van der Waals surface area (Å²) >= 11 is 0. The van der Waals surface area contributed by atoms with Crippen LogP contribution >= 0.6 is 0 Å². The van der Waals surface area contributed by atoms with Crippen LogP contribution in [0.1, 0.15) is 6.92 Å². The average Bonchev–Trinajstić information content (AvgIpc) is 2.21. The molecule has 0 rings (SSSR count). The van der Waals surface area contributed by atoms with Gasteiger partial charge in [0, 0.05) is 0 Å². The van der Waals surface area contributed by atoms with Crippen molar-refractivity contribution in [1.82, 2.24) is 0 Å². The fraction of sp³-hybridized carbons (Fsp3) is 1.00. The van der Waals surface area contributed by atoms with Crippen LogP contribution in [0.2, 0.25) is 0 Å². The minimum absolute atomic E-state index is 0.833. The zero-order chi connectivity index (χ0) is 15.7. The van der Waals surface area contributed by atoms with Gasteiger partial charge in [0.15, 0.2) is 0 Å². The van der Waals surface area contributed by atoms with Crippen LogP contribution in [0, 0.1) is 0 Å². The summed E-state index contributed by atoms with van der Waals surface area (Å²) in [5, 5.41) is 35.1. The number of aliphatic hydroxyl groups is 4. The Labute approximate surface area is 103 Å². The van der Waals surface area contributed by atoms with E-state index >= 15 is 0 Å². The Morgan fingerprint density at radius 2 is 1.37 bits per heavy atom. The molecule has 5 nitrogen and oxygen atoms in total. The molecule has 0 heterocycles. The SMILES string of the molecule is CC(O)(CO)COC(O)C(O)(C(F)(F)F)C(F)(F)F. The van der Waals surface area contributed by atoms with Crippen LogP contribution in [0.25, 0.3) is 0 Å². The first-order chi connectivity index (χ1) is 8.19. The van der Waals surface area contributed by atoms with Crippen molar-refractivity contribution in [2.24, 2.45) is 0 Å². The number of alkyl halides is 6. The van der Waals surface area contributed by atoms with Gasteiger partial charge in [0.05, 0.1) is 13.2 Å². The molecule has 2 atom stereocenters. The smallest absolute Gasteiger partial charge is 0.393 e. The van der Waals surface area contributed by atoms with E-state index in [4.69, 9.17) is 20.4 Å². The molecule has 0 saturated carbocycles. The summed E-state index contributed by atoms with van der Waals surface area (Å²) in [7, 11) is 0. The zero-order valence-electron chi connectivity index (χ0n) is 9.46. The lowest BCUT2D eigenvalue weighted by Crippen LogP contribution is -2.65. The lowest BCUT2D eigenvalue weighted by Gasteiger charge is -2.36. The third-order valence-electron chi connectivity index (χ3n) is 2.11. The van der Waals surface area contributed by atoms with E-state index in [1.54, 1.807) is 0 Å².